The number of H-pyrrole nitrogens is 1. The Hall–Kier alpha value is -2.00. The van der Waals surface area contributed by atoms with Gasteiger partial charge >= 0.3 is 0 Å². The minimum Gasteiger partial charge on any atom is -0.367 e. The van der Waals surface area contributed by atoms with Crippen LogP contribution in [0.1, 0.15) is 12.8 Å². The number of piperidine rings is 1. The topological polar surface area (TPSA) is 104 Å². The van der Waals surface area contributed by atoms with Crippen LogP contribution in [-0.2, 0) is 10.0 Å². The van der Waals surface area contributed by atoms with Crippen LogP contribution in [0.15, 0.2) is 36.1 Å². The summed E-state index contributed by atoms with van der Waals surface area (Å²) in [6, 6.07) is 2.02. The van der Waals surface area contributed by atoms with Crippen molar-refractivity contribution >= 4 is 15.8 Å². The molecule has 0 amide bonds. The van der Waals surface area contributed by atoms with E-state index < -0.39 is 10.0 Å². The SMILES string of the molecule is O=S(=O)(c1cnc[nH]1)N1CCC(Nc2ccncn2)CC1. The third kappa shape index (κ3) is 3.03. The summed E-state index contributed by atoms with van der Waals surface area (Å²) in [7, 11) is -3.45. The second kappa shape index (κ2) is 5.78. The molecule has 8 nitrogen and oxygen atoms in total. The van der Waals surface area contributed by atoms with Crippen molar-refractivity contribution < 1.29 is 8.42 Å². The van der Waals surface area contributed by atoms with E-state index in [1.807, 2.05) is 0 Å². The van der Waals surface area contributed by atoms with Gasteiger partial charge in [0, 0.05) is 25.3 Å². The first-order chi connectivity index (χ1) is 10.2. The molecule has 3 heterocycles. The fraction of sp³-hybridized carbons (Fsp3) is 0.417. The maximum atomic E-state index is 12.3. The molecule has 2 aromatic heterocycles. The van der Waals surface area contributed by atoms with Gasteiger partial charge in [-0.3, -0.25) is 0 Å². The lowest BCUT2D eigenvalue weighted by Crippen LogP contribution is -2.42. The Morgan fingerprint density at radius 1 is 1.29 bits per heavy atom. The molecule has 0 saturated carbocycles. The van der Waals surface area contributed by atoms with Crippen molar-refractivity contribution in [2.45, 2.75) is 23.9 Å². The third-order valence-corrected chi connectivity index (χ3v) is 5.30. The number of nitrogens with zero attached hydrogens (tertiary/aromatic N) is 4. The number of sulfonamides is 1. The molecule has 2 aromatic rings. The Kier molecular flexibility index (Phi) is 3.84. The van der Waals surface area contributed by atoms with Crippen molar-refractivity contribution in [3.63, 3.8) is 0 Å². The van der Waals surface area contributed by atoms with Gasteiger partial charge in [-0.15, -0.1) is 0 Å². The molecule has 1 aliphatic heterocycles. The van der Waals surface area contributed by atoms with Crippen LogP contribution in [0.3, 0.4) is 0 Å². The zero-order valence-electron chi connectivity index (χ0n) is 11.3. The van der Waals surface area contributed by atoms with E-state index in [2.05, 4.69) is 25.3 Å². The lowest BCUT2D eigenvalue weighted by atomic mass is 10.1. The lowest BCUT2D eigenvalue weighted by molar-refractivity contribution is 0.328. The molecule has 0 unspecified atom stereocenters. The van der Waals surface area contributed by atoms with Gasteiger partial charge in [0.2, 0.25) is 0 Å². The number of imidazole rings is 1. The smallest absolute Gasteiger partial charge is 0.260 e. The molecule has 0 spiro atoms. The summed E-state index contributed by atoms with van der Waals surface area (Å²) < 4.78 is 26.1. The van der Waals surface area contributed by atoms with E-state index in [0.29, 0.717) is 13.1 Å². The Labute approximate surface area is 122 Å². The predicted octanol–water partition coefficient (Wildman–Crippen LogP) is 0.465. The molecule has 0 bridgehead atoms. The molecule has 3 rings (SSSR count). The molecule has 9 heteroatoms. The molecule has 1 fully saturated rings. The highest BCUT2D eigenvalue weighted by molar-refractivity contribution is 7.89. The van der Waals surface area contributed by atoms with E-state index >= 15 is 0 Å². The zero-order valence-corrected chi connectivity index (χ0v) is 12.1. The maximum Gasteiger partial charge on any atom is 0.260 e. The predicted molar refractivity (Wildman–Crippen MR) is 76.0 cm³/mol. The summed E-state index contributed by atoms with van der Waals surface area (Å²) in [4.78, 5) is 14.4. The molecule has 1 saturated heterocycles. The van der Waals surface area contributed by atoms with Crippen LogP contribution in [0.25, 0.3) is 0 Å². The monoisotopic (exact) mass is 308 g/mol. The Balaban J connectivity index is 1.61. The number of nitrogens with one attached hydrogen (secondary N) is 2. The van der Waals surface area contributed by atoms with E-state index in [1.54, 1.807) is 12.3 Å². The summed E-state index contributed by atoms with van der Waals surface area (Å²) in [5.74, 6) is 0.764. The van der Waals surface area contributed by atoms with Crippen LogP contribution < -0.4 is 5.32 Å². The second-order valence-electron chi connectivity index (χ2n) is 4.83. The van der Waals surface area contributed by atoms with Crippen LogP contribution in [0.4, 0.5) is 5.82 Å². The van der Waals surface area contributed by atoms with Crippen LogP contribution in [-0.4, -0.2) is 51.8 Å². The number of hydrogen-bond acceptors (Lipinski definition) is 6. The van der Waals surface area contributed by atoms with Crippen molar-refractivity contribution in [3.8, 4) is 0 Å². The van der Waals surface area contributed by atoms with E-state index in [4.69, 9.17) is 0 Å². The molecule has 112 valence electrons. The van der Waals surface area contributed by atoms with Crippen molar-refractivity contribution in [2.24, 2.45) is 0 Å². The largest absolute Gasteiger partial charge is 0.367 e. The van der Waals surface area contributed by atoms with Crippen molar-refractivity contribution in [1.29, 1.82) is 0 Å². The quantitative estimate of drug-likeness (QED) is 0.850. The van der Waals surface area contributed by atoms with Gasteiger partial charge in [0.05, 0.1) is 12.5 Å². The lowest BCUT2D eigenvalue weighted by Gasteiger charge is -2.31. The van der Waals surface area contributed by atoms with Gasteiger partial charge in [-0.1, -0.05) is 0 Å². The van der Waals surface area contributed by atoms with Crippen LogP contribution in [0, 0.1) is 0 Å². The second-order valence-corrected chi connectivity index (χ2v) is 6.74. The van der Waals surface area contributed by atoms with Gasteiger partial charge in [-0.05, 0) is 18.9 Å². The number of rotatable bonds is 4. The highest BCUT2D eigenvalue weighted by Crippen LogP contribution is 2.20. The number of aromatic amines is 1. The standard InChI is InChI=1S/C12H16N6O2S/c19-21(20,12-7-14-9-16-12)18-5-2-10(3-6-18)17-11-1-4-13-8-15-11/h1,4,7-10H,2-3,5-6H2,(H,14,16)(H,13,15,17). The molecule has 21 heavy (non-hydrogen) atoms. The molecule has 1 aliphatic rings. The summed E-state index contributed by atoms with van der Waals surface area (Å²) in [6.07, 6.45) is 7.33. The molecule has 0 atom stereocenters. The van der Waals surface area contributed by atoms with E-state index in [-0.39, 0.29) is 11.1 Å². The van der Waals surface area contributed by atoms with Gasteiger partial charge in [0.25, 0.3) is 10.0 Å². The van der Waals surface area contributed by atoms with Crippen LogP contribution in [0.2, 0.25) is 0 Å². The fourth-order valence-corrected chi connectivity index (χ4v) is 3.71. The Morgan fingerprint density at radius 3 is 2.71 bits per heavy atom. The van der Waals surface area contributed by atoms with Gasteiger partial charge in [0.1, 0.15) is 12.1 Å². The van der Waals surface area contributed by atoms with E-state index in [1.165, 1.54) is 23.2 Å². The van der Waals surface area contributed by atoms with Gasteiger partial charge in [-0.25, -0.2) is 23.4 Å². The first-order valence-electron chi connectivity index (χ1n) is 6.67. The first kappa shape index (κ1) is 14.0. The van der Waals surface area contributed by atoms with Gasteiger partial charge < -0.3 is 10.3 Å². The van der Waals surface area contributed by atoms with Crippen molar-refractivity contribution in [2.75, 3.05) is 18.4 Å². The molecule has 2 N–H and O–H groups in total. The zero-order chi connectivity index (χ0) is 14.7. The third-order valence-electron chi connectivity index (χ3n) is 3.48. The molecule has 0 aliphatic carbocycles. The van der Waals surface area contributed by atoms with Crippen LogP contribution >= 0.6 is 0 Å². The minimum atomic E-state index is -3.45. The molecular weight excluding hydrogens is 292 g/mol. The van der Waals surface area contributed by atoms with E-state index in [9.17, 15) is 8.42 Å². The average Bonchev–Trinajstić information content (AvgIpc) is 3.04. The number of anilines is 1. The summed E-state index contributed by atoms with van der Waals surface area (Å²) in [6.45, 7) is 0.953. The molecule has 0 aromatic carbocycles. The first-order valence-corrected chi connectivity index (χ1v) is 8.11. The maximum absolute atomic E-state index is 12.3. The minimum absolute atomic E-state index is 0.143. The van der Waals surface area contributed by atoms with Crippen molar-refractivity contribution in [1.82, 2.24) is 24.2 Å². The summed E-state index contributed by atoms with van der Waals surface area (Å²) >= 11 is 0. The highest BCUT2D eigenvalue weighted by Gasteiger charge is 2.30. The van der Waals surface area contributed by atoms with Gasteiger partial charge in [0.15, 0.2) is 5.03 Å². The van der Waals surface area contributed by atoms with Crippen LogP contribution in [0.5, 0.6) is 0 Å². The summed E-state index contributed by atoms with van der Waals surface area (Å²) in [5, 5.41) is 3.44. The Bertz CT molecular complexity index is 665. The van der Waals surface area contributed by atoms with E-state index in [0.717, 1.165) is 18.7 Å². The van der Waals surface area contributed by atoms with Crippen molar-refractivity contribution in [3.05, 3.63) is 31.1 Å². The number of aromatic nitrogens is 4. The Morgan fingerprint density at radius 2 is 2.10 bits per heavy atom. The normalized spacial score (nSPS) is 17.7. The number of hydrogen-bond donors (Lipinski definition) is 2. The fourth-order valence-electron chi connectivity index (χ4n) is 2.35. The van der Waals surface area contributed by atoms with Gasteiger partial charge in [-0.2, -0.15) is 4.31 Å². The molecule has 0 radical (unpaired) electrons. The average molecular weight is 308 g/mol. The molecular formula is C12H16N6O2S. The summed E-state index contributed by atoms with van der Waals surface area (Å²) in [5.41, 5.74) is 0. The highest BCUT2D eigenvalue weighted by atomic mass is 32.2.